The highest BCUT2D eigenvalue weighted by Crippen LogP contribution is 2.21. The lowest BCUT2D eigenvalue weighted by atomic mass is 10.1. The highest BCUT2D eigenvalue weighted by molar-refractivity contribution is 6.30. The summed E-state index contributed by atoms with van der Waals surface area (Å²) in [7, 11) is 4.41. The molecule has 2 atom stereocenters. The van der Waals surface area contributed by atoms with Crippen molar-refractivity contribution < 1.29 is 0 Å². The number of halogens is 1. The Labute approximate surface area is 137 Å². The normalized spacial score (nSPS) is 22.6. The Kier molecular flexibility index (Phi) is 4.52. The zero-order valence-electron chi connectivity index (χ0n) is 13.4. The second kappa shape index (κ2) is 6.41. The van der Waals surface area contributed by atoms with E-state index in [1.54, 1.807) is 0 Å². The molecular formula is C17H23ClN4. The Bertz CT molecular complexity index is 629. The fraction of sp³-hybridized carbons (Fsp3) is 0.471. The number of likely N-dealkylation sites (tertiary alicyclic amines) is 1. The van der Waals surface area contributed by atoms with Gasteiger partial charge in [-0.2, -0.15) is 5.10 Å². The van der Waals surface area contributed by atoms with Crippen molar-refractivity contribution in [3.8, 4) is 5.69 Å². The van der Waals surface area contributed by atoms with E-state index in [1.807, 2.05) is 35.1 Å². The number of benzene rings is 1. The molecule has 2 heterocycles. The van der Waals surface area contributed by atoms with Gasteiger partial charge in [0.05, 0.1) is 11.9 Å². The van der Waals surface area contributed by atoms with Crippen molar-refractivity contribution in [3.05, 3.63) is 47.2 Å². The molecule has 2 unspecified atom stereocenters. The number of nitrogens with zero attached hydrogens (tertiary/aromatic N) is 4. The van der Waals surface area contributed by atoms with Crippen LogP contribution in [-0.2, 0) is 6.54 Å². The Morgan fingerprint density at radius 2 is 2.23 bits per heavy atom. The van der Waals surface area contributed by atoms with Gasteiger partial charge < -0.3 is 4.90 Å². The van der Waals surface area contributed by atoms with Crippen molar-refractivity contribution in [2.24, 2.45) is 0 Å². The fourth-order valence-corrected chi connectivity index (χ4v) is 3.28. The maximum absolute atomic E-state index is 6.05. The monoisotopic (exact) mass is 318 g/mol. The summed E-state index contributed by atoms with van der Waals surface area (Å²) in [4.78, 5) is 4.86. The van der Waals surface area contributed by atoms with Crippen molar-refractivity contribution in [1.29, 1.82) is 0 Å². The minimum Gasteiger partial charge on any atom is -0.302 e. The third kappa shape index (κ3) is 3.35. The van der Waals surface area contributed by atoms with E-state index in [0.717, 1.165) is 23.8 Å². The lowest BCUT2D eigenvalue weighted by Gasteiger charge is -2.23. The van der Waals surface area contributed by atoms with Gasteiger partial charge in [-0.25, -0.2) is 4.68 Å². The van der Waals surface area contributed by atoms with E-state index in [-0.39, 0.29) is 0 Å². The summed E-state index contributed by atoms with van der Waals surface area (Å²) in [5, 5.41) is 5.19. The molecule has 118 valence electrons. The van der Waals surface area contributed by atoms with Crippen LogP contribution in [0.4, 0.5) is 0 Å². The smallest absolute Gasteiger partial charge is 0.0660 e. The summed E-state index contributed by atoms with van der Waals surface area (Å²) < 4.78 is 1.89. The molecule has 5 heteroatoms. The van der Waals surface area contributed by atoms with E-state index >= 15 is 0 Å². The maximum atomic E-state index is 6.05. The van der Waals surface area contributed by atoms with Crippen molar-refractivity contribution in [2.45, 2.75) is 32.0 Å². The summed E-state index contributed by atoms with van der Waals surface area (Å²) in [6, 6.07) is 9.05. The van der Waals surface area contributed by atoms with E-state index in [0.29, 0.717) is 12.1 Å². The predicted molar refractivity (Wildman–Crippen MR) is 90.5 cm³/mol. The molecule has 0 N–H and O–H groups in total. The highest BCUT2D eigenvalue weighted by atomic mass is 35.5. The molecule has 0 saturated carbocycles. The number of aromatic nitrogens is 2. The first kappa shape index (κ1) is 15.5. The van der Waals surface area contributed by atoms with E-state index < -0.39 is 0 Å². The lowest BCUT2D eigenvalue weighted by molar-refractivity contribution is 0.233. The average molecular weight is 319 g/mol. The highest BCUT2D eigenvalue weighted by Gasteiger charge is 2.28. The molecule has 1 fully saturated rings. The Morgan fingerprint density at radius 1 is 1.41 bits per heavy atom. The summed E-state index contributed by atoms with van der Waals surface area (Å²) in [6.07, 6.45) is 5.26. The van der Waals surface area contributed by atoms with Crippen LogP contribution in [0.25, 0.3) is 5.69 Å². The first-order valence-electron chi connectivity index (χ1n) is 7.73. The van der Waals surface area contributed by atoms with Crippen LogP contribution in [0.1, 0.15) is 18.9 Å². The van der Waals surface area contributed by atoms with Gasteiger partial charge in [0.1, 0.15) is 0 Å². The minimum atomic E-state index is 0.620. The van der Waals surface area contributed by atoms with Crippen LogP contribution in [0, 0.1) is 0 Å². The van der Waals surface area contributed by atoms with Gasteiger partial charge in [-0.1, -0.05) is 17.7 Å². The van der Waals surface area contributed by atoms with E-state index in [2.05, 4.69) is 42.1 Å². The predicted octanol–water partition coefficient (Wildman–Crippen LogP) is 3.05. The van der Waals surface area contributed by atoms with E-state index in [1.165, 1.54) is 12.0 Å². The molecule has 2 aromatic rings. The van der Waals surface area contributed by atoms with Gasteiger partial charge in [0, 0.05) is 42.0 Å². The van der Waals surface area contributed by atoms with Crippen molar-refractivity contribution >= 4 is 11.6 Å². The van der Waals surface area contributed by atoms with Crippen LogP contribution >= 0.6 is 11.6 Å². The lowest BCUT2D eigenvalue weighted by Crippen LogP contribution is -2.33. The van der Waals surface area contributed by atoms with Gasteiger partial charge in [0.2, 0.25) is 0 Å². The molecule has 0 bridgehead atoms. The summed E-state index contributed by atoms with van der Waals surface area (Å²) in [5.74, 6) is 0. The molecule has 0 aliphatic carbocycles. The standard InChI is InChI=1S/C17H23ClN4/c1-13-7-17(12-20(13)2)21(3)10-14-9-19-22(11-14)16-6-4-5-15(18)8-16/h4-6,8-9,11,13,17H,7,10,12H2,1-3H3. The maximum Gasteiger partial charge on any atom is 0.0660 e. The molecule has 0 radical (unpaired) electrons. The molecule has 1 aliphatic rings. The number of rotatable bonds is 4. The molecule has 0 amide bonds. The summed E-state index contributed by atoms with van der Waals surface area (Å²) in [5.41, 5.74) is 2.22. The van der Waals surface area contributed by atoms with Gasteiger partial charge >= 0.3 is 0 Å². The Morgan fingerprint density at radius 3 is 2.91 bits per heavy atom. The van der Waals surface area contributed by atoms with Crippen LogP contribution in [0.2, 0.25) is 5.02 Å². The zero-order valence-corrected chi connectivity index (χ0v) is 14.2. The van der Waals surface area contributed by atoms with Crippen LogP contribution in [-0.4, -0.2) is 52.3 Å². The average Bonchev–Trinajstić information content (AvgIpc) is 3.07. The van der Waals surface area contributed by atoms with E-state index in [9.17, 15) is 0 Å². The third-order valence-electron chi connectivity index (χ3n) is 4.63. The molecule has 22 heavy (non-hydrogen) atoms. The Balaban J connectivity index is 1.67. The number of hydrogen-bond donors (Lipinski definition) is 0. The quantitative estimate of drug-likeness (QED) is 0.866. The zero-order chi connectivity index (χ0) is 15.7. The van der Waals surface area contributed by atoms with Gasteiger partial charge in [-0.05, 0) is 45.6 Å². The van der Waals surface area contributed by atoms with Crippen LogP contribution in [0.5, 0.6) is 0 Å². The van der Waals surface area contributed by atoms with E-state index in [4.69, 9.17) is 11.6 Å². The second-order valence-corrected chi connectivity index (χ2v) is 6.80. The molecule has 3 rings (SSSR count). The fourth-order valence-electron chi connectivity index (χ4n) is 3.10. The van der Waals surface area contributed by atoms with Crippen LogP contribution < -0.4 is 0 Å². The molecule has 0 spiro atoms. The molecule has 1 aliphatic heterocycles. The number of likely N-dealkylation sites (N-methyl/N-ethyl adjacent to an activating group) is 2. The van der Waals surface area contributed by atoms with Crippen LogP contribution in [0.3, 0.4) is 0 Å². The first-order valence-corrected chi connectivity index (χ1v) is 8.10. The molecule has 1 aromatic carbocycles. The molecule has 1 aromatic heterocycles. The molecular weight excluding hydrogens is 296 g/mol. The SMILES string of the molecule is CC1CC(N(C)Cc2cnn(-c3cccc(Cl)c3)c2)CN1C. The third-order valence-corrected chi connectivity index (χ3v) is 4.86. The minimum absolute atomic E-state index is 0.620. The van der Waals surface area contributed by atoms with Gasteiger partial charge in [0.25, 0.3) is 0 Å². The van der Waals surface area contributed by atoms with Crippen molar-refractivity contribution in [2.75, 3.05) is 20.6 Å². The second-order valence-electron chi connectivity index (χ2n) is 6.37. The Hall–Kier alpha value is -1.36. The number of hydrogen-bond acceptors (Lipinski definition) is 3. The summed E-state index contributed by atoms with van der Waals surface area (Å²) in [6.45, 7) is 4.36. The van der Waals surface area contributed by atoms with Crippen LogP contribution in [0.15, 0.2) is 36.7 Å². The largest absolute Gasteiger partial charge is 0.302 e. The summed E-state index contributed by atoms with van der Waals surface area (Å²) >= 11 is 6.05. The first-order chi connectivity index (χ1) is 10.5. The molecule has 4 nitrogen and oxygen atoms in total. The topological polar surface area (TPSA) is 24.3 Å². The van der Waals surface area contributed by atoms with Gasteiger partial charge in [-0.15, -0.1) is 0 Å². The van der Waals surface area contributed by atoms with Crippen molar-refractivity contribution in [3.63, 3.8) is 0 Å². The molecule has 1 saturated heterocycles. The van der Waals surface area contributed by atoms with Crippen molar-refractivity contribution in [1.82, 2.24) is 19.6 Å². The van der Waals surface area contributed by atoms with Gasteiger partial charge in [-0.3, -0.25) is 4.90 Å². The van der Waals surface area contributed by atoms with Gasteiger partial charge in [0.15, 0.2) is 0 Å².